The van der Waals surface area contributed by atoms with Crippen molar-refractivity contribution in [2.45, 2.75) is 33.2 Å². The van der Waals surface area contributed by atoms with E-state index in [4.69, 9.17) is 0 Å². The smallest absolute Gasteiger partial charge is 0.223 e. The highest BCUT2D eigenvalue weighted by molar-refractivity contribution is 7.10. The van der Waals surface area contributed by atoms with Gasteiger partial charge in [0, 0.05) is 10.8 Å². The van der Waals surface area contributed by atoms with Crippen LogP contribution in [0.1, 0.15) is 38.1 Å². The van der Waals surface area contributed by atoms with Crippen molar-refractivity contribution in [2.24, 2.45) is 5.92 Å². The molecule has 1 aromatic rings. The molecular weight excluding hydrogens is 194 g/mol. The average Bonchev–Trinajstić information content (AvgIpc) is 2.66. The minimum absolute atomic E-state index is 0.0593. The van der Waals surface area contributed by atoms with Crippen LogP contribution in [-0.2, 0) is 4.79 Å². The molecule has 1 aromatic heterocycles. The first-order chi connectivity index (χ1) is 6.65. The predicted molar refractivity (Wildman–Crippen MR) is 60.3 cm³/mol. The zero-order valence-electron chi connectivity index (χ0n) is 8.91. The zero-order valence-corrected chi connectivity index (χ0v) is 9.73. The van der Waals surface area contributed by atoms with E-state index in [9.17, 15) is 4.79 Å². The SMILES string of the molecule is CCC(NC(=O)C(C)C)c1cccs1. The van der Waals surface area contributed by atoms with E-state index in [1.807, 2.05) is 25.3 Å². The van der Waals surface area contributed by atoms with Gasteiger partial charge in [0.2, 0.25) is 5.91 Å². The molecule has 14 heavy (non-hydrogen) atoms. The summed E-state index contributed by atoms with van der Waals surface area (Å²) in [7, 11) is 0. The molecule has 0 spiro atoms. The average molecular weight is 211 g/mol. The van der Waals surface area contributed by atoms with Crippen molar-refractivity contribution in [3.05, 3.63) is 22.4 Å². The van der Waals surface area contributed by atoms with Crippen molar-refractivity contribution >= 4 is 17.2 Å². The third-order valence-electron chi connectivity index (χ3n) is 2.14. The van der Waals surface area contributed by atoms with E-state index in [0.717, 1.165) is 6.42 Å². The lowest BCUT2D eigenvalue weighted by Crippen LogP contribution is -2.31. The summed E-state index contributed by atoms with van der Waals surface area (Å²) in [6.45, 7) is 5.91. The molecule has 2 nitrogen and oxygen atoms in total. The summed E-state index contributed by atoms with van der Waals surface area (Å²) >= 11 is 1.69. The van der Waals surface area contributed by atoms with Crippen molar-refractivity contribution < 1.29 is 4.79 Å². The largest absolute Gasteiger partial charge is 0.348 e. The van der Waals surface area contributed by atoms with E-state index in [0.29, 0.717) is 0 Å². The molecule has 3 heteroatoms. The summed E-state index contributed by atoms with van der Waals surface area (Å²) in [5, 5.41) is 5.08. The van der Waals surface area contributed by atoms with Crippen molar-refractivity contribution in [3.8, 4) is 0 Å². The first-order valence-electron chi connectivity index (χ1n) is 4.99. The Morgan fingerprint density at radius 1 is 1.57 bits per heavy atom. The second-order valence-corrected chi connectivity index (χ2v) is 4.62. The van der Waals surface area contributed by atoms with Crippen LogP contribution in [0, 0.1) is 5.92 Å². The quantitative estimate of drug-likeness (QED) is 0.815. The fourth-order valence-electron chi connectivity index (χ4n) is 1.20. The maximum absolute atomic E-state index is 11.5. The number of amides is 1. The summed E-state index contributed by atoms with van der Waals surface area (Å²) in [5.74, 6) is 0.189. The van der Waals surface area contributed by atoms with Crippen LogP contribution >= 0.6 is 11.3 Å². The number of carbonyl (C=O) groups excluding carboxylic acids is 1. The number of thiophene rings is 1. The molecule has 0 aliphatic rings. The second kappa shape index (κ2) is 5.15. The summed E-state index contributed by atoms with van der Waals surface area (Å²) in [4.78, 5) is 12.7. The molecule has 0 aliphatic heterocycles. The lowest BCUT2D eigenvalue weighted by Gasteiger charge is -2.16. The Labute approximate surface area is 89.3 Å². The van der Waals surface area contributed by atoms with Gasteiger partial charge in [-0.15, -0.1) is 11.3 Å². The zero-order chi connectivity index (χ0) is 10.6. The molecule has 1 heterocycles. The minimum Gasteiger partial charge on any atom is -0.348 e. The van der Waals surface area contributed by atoms with Crippen LogP contribution in [0.25, 0.3) is 0 Å². The van der Waals surface area contributed by atoms with E-state index in [-0.39, 0.29) is 17.9 Å². The van der Waals surface area contributed by atoms with E-state index < -0.39 is 0 Å². The molecule has 1 atom stereocenters. The highest BCUT2D eigenvalue weighted by Gasteiger charge is 2.15. The lowest BCUT2D eigenvalue weighted by molar-refractivity contribution is -0.124. The molecule has 0 aromatic carbocycles. The van der Waals surface area contributed by atoms with E-state index in [1.165, 1.54) is 4.88 Å². The molecule has 0 saturated carbocycles. The first-order valence-corrected chi connectivity index (χ1v) is 5.87. The summed E-state index contributed by atoms with van der Waals surface area (Å²) in [6.07, 6.45) is 0.943. The molecular formula is C11H17NOS. The Bertz CT molecular complexity index is 279. The van der Waals surface area contributed by atoms with Crippen molar-refractivity contribution in [3.63, 3.8) is 0 Å². The van der Waals surface area contributed by atoms with Crippen LogP contribution in [0.15, 0.2) is 17.5 Å². The molecule has 0 saturated heterocycles. The van der Waals surface area contributed by atoms with Gasteiger partial charge in [0.05, 0.1) is 6.04 Å². The highest BCUT2D eigenvalue weighted by atomic mass is 32.1. The van der Waals surface area contributed by atoms with Gasteiger partial charge in [0.1, 0.15) is 0 Å². The summed E-state index contributed by atoms with van der Waals surface area (Å²) in [5.41, 5.74) is 0. The third kappa shape index (κ3) is 2.84. The molecule has 1 N–H and O–H groups in total. The van der Waals surface area contributed by atoms with Crippen LogP contribution < -0.4 is 5.32 Å². The van der Waals surface area contributed by atoms with Crippen LogP contribution in [0.3, 0.4) is 0 Å². The van der Waals surface area contributed by atoms with Gasteiger partial charge in [-0.1, -0.05) is 26.8 Å². The normalized spacial score (nSPS) is 12.9. The van der Waals surface area contributed by atoms with Crippen molar-refractivity contribution in [1.82, 2.24) is 5.32 Å². The van der Waals surface area contributed by atoms with Crippen LogP contribution in [-0.4, -0.2) is 5.91 Å². The van der Waals surface area contributed by atoms with Gasteiger partial charge in [-0.05, 0) is 17.9 Å². The fraction of sp³-hybridized carbons (Fsp3) is 0.545. The van der Waals surface area contributed by atoms with Crippen LogP contribution in [0.2, 0.25) is 0 Å². The molecule has 1 unspecified atom stereocenters. The van der Waals surface area contributed by atoms with E-state index >= 15 is 0 Å². The molecule has 78 valence electrons. The predicted octanol–water partition coefficient (Wildman–Crippen LogP) is 2.97. The van der Waals surface area contributed by atoms with E-state index in [2.05, 4.69) is 18.3 Å². The van der Waals surface area contributed by atoms with Gasteiger partial charge in [-0.25, -0.2) is 0 Å². The van der Waals surface area contributed by atoms with Gasteiger partial charge >= 0.3 is 0 Å². The second-order valence-electron chi connectivity index (χ2n) is 3.64. The topological polar surface area (TPSA) is 29.1 Å². The minimum atomic E-state index is 0.0593. The summed E-state index contributed by atoms with van der Waals surface area (Å²) < 4.78 is 0. The van der Waals surface area contributed by atoms with Crippen molar-refractivity contribution in [1.29, 1.82) is 0 Å². The number of hydrogen-bond acceptors (Lipinski definition) is 2. The molecule has 0 radical (unpaired) electrons. The highest BCUT2D eigenvalue weighted by Crippen LogP contribution is 2.21. The molecule has 0 fully saturated rings. The standard InChI is InChI=1S/C11H17NOS/c1-4-9(10-6-5-7-14-10)12-11(13)8(2)3/h5-9H,4H2,1-3H3,(H,12,13). The van der Waals surface area contributed by atoms with Gasteiger partial charge in [0.25, 0.3) is 0 Å². The third-order valence-corrected chi connectivity index (χ3v) is 3.12. The maximum atomic E-state index is 11.5. The van der Waals surface area contributed by atoms with Gasteiger partial charge in [-0.3, -0.25) is 4.79 Å². The number of hydrogen-bond donors (Lipinski definition) is 1. The Balaban J connectivity index is 2.61. The Hall–Kier alpha value is -0.830. The van der Waals surface area contributed by atoms with Crippen LogP contribution in [0.4, 0.5) is 0 Å². The van der Waals surface area contributed by atoms with Gasteiger partial charge in [-0.2, -0.15) is 0 Å². The number of rotatable bonds is 4. The fourth-order valence-corrected chi connectivity index (χ4v) is 2.06. The van der Waals surface area contributed by atoms with Crippen LogP contribution in [0.5, 0.6) is 0 Å². The Morgan fingerprint density at radius 2 is 2.29 bits per heavy atom. The van der Waals surface area contributed by atoms with E-state index in [1.54, 1.807) is 11.3 Å². The number of carbonyl (C=O) groups is 1. The molecule has 1 amide bonds. The first kappa shape index (κ1) is 11.2. The van der Waals surface area contributed by atoms with Gasteiger partial charge in [0.15, 0.2) is 0 Å². The monoisotopic (exact) mass is 211 g/mol. The number of nitrogens with one attached hydrogen (secondary N) is 1. The molecule has 0 aliphatic carbocycles. The maximum Gasteiger partial charge on any atom is 0.223 e. The summed E-state index contributed by atoms with van der Waals surface area (Å²) in [6, 6.07) is 4.27. The van der Waals surface area contributed by atoms with Gasteiger partial charge < -0.3 is 5.32 Å². The Kier molecular flexibility index (Phi) is 4.14. The van der Waals surface area contributed by atoms with Crippen molar-refractivity contribution in [2.75, 3.05) is 0 Å². The molecule has 0 bridgehead atoms. The lowest BCUT2D eigenvalue weighted by atomic mass is 10.1. The molecule has 1 rings (SSSR count). The Morgan fingerprint density at radius 3 is 2.71 bits per heavy atom.